The largest absolute Gasteiger partial charge is 0.463 e. The molecule has 0 amide bonds. The van der Waals surface area contributed by atoms with Crippen LogP contribution >= 0.6 is 0 Å². The number of ether oxygens (including phenoxy) is 4. The van der Waals surface area contributed by atoms with Gasteiger partial charge in [0.1, 0.15) is 24.4 Å². The number of carbonyl (C=O) groups is 3. The molecule has 0 radical (unpaired) electrons. The minimum atomic E-state index is -0.750. The summed E-state index contributed by atoms with van der Waals surface area (Å²) in [7, 11) is 0. The van der Waals surface area contributed by atoms with Crippen molar-refractivity contribution in [2.75, 3.05) is 6.61 Å². The molecule has 28 heavy (non-hydrogen) atoms. The first-order valence-corrected chi connectivity index (χ1v) is 9.37. The third kappa shape index (κ3) is 4.04. The fourth-order valence-electron chi connectivity index (χ4n) is 3.88. The van der Waals surface area contributed by atoms with Crippen LogP contribution in [-0.2, 0) is 33.3 Å². The molecule has 2 aliphatic heterocycles. The molecule has 2 saturated heterocycles. The van der Waals surface area contributed by atoms with Crippen molar-refractivity contribution >= 4 is 17.9 Å². The van der Waals surface area contributed by atoms with Crippen molar-refractivity contribution in [2.24, 2.45) is 5.92 Å². The quantitative estimate of drug-likeness (QED) is 0.239. The third-order valence-corrected chi connectivity index (χ3v) is 5.49. The van der Waals surface area contributed by atoms with Gasteiger partial charge in [0.2, 0.25) is 0 Å². The van der Waals surface area contributed by atoms with Gasteiger partial charge in [0.25, 0.3) is 0 Å². The summed E-state index contributed by atoms with van der Waals surface area (Å²) in [6, 6.07) is 0. The van der Waals surface area contributed by atoms with E-state index in [1.807, 2.05) is 13.0 Å². The molecule has 0 unspecified atom stereocenters. The van der Waals surface area contributed by atoms with E-state index < -0.39 is 41.6 Å². The smallest absolute Gasteiger partial charge is 0.334 e. The monoisotopic (exact) mass is 390 g/mol. The molecule has 5 atom stereocenters. The van der Waals surface area contributed by atoms with Crippen LogP contribution in [-0.4, -0.2) is 48.4 Å². The molecule has 7 nitrogen and oxygen atoms in total. The highest BCUT2D eigenvalue weighted by Crippen LogP contribution is 2.48. The summed E-state index contributed by atoms with van der Waals surface area (Å²) in [6.45, 7) is 12.4. The number of hydrogen-bond donors (Lipinski definition) is 0. The lowest BCUT2D eigenvalue weighted by Crippen LogP contribution is -2.39. The summed E-state index contributed by atoms with van der Waals surface area (Å²) in [6.07, 6.45) is 2.24. The maximum atomic E-state index is 12.3. The summed E-state index contributed by atoms with van der Waals surface area (Å²) >= 11 is 0. The number of hydrogen-bond acceptors (Lipinski definition) is 7. The minimum absolute atomic E-state index is 0.0650. The van der Waals surface area contributed by atoms with E-state index in [2.05, 4.69) is 13.2 Å². The van der Waals surface area contributed by atoms with Crippen LogP contribution in [0.15, 0.2) is 36.0 Å². The van der Waals surface area contributed by atoms with Gasteiger partial charge in [-0.05, 0) is 32.8 Å². The highest BCUT2D eigenvalue weighted by atomic mass is 16.6. The Morgan fingerprint density at radius 1 is 1.36 bits per heavy atom. The molecule has 0 aromatic heterocycles. The maximum Gasteiger partial charge on any atom is 0.334 e. The van der Waals surface area contributed by atoms with Gasteiger partial charge in [0.15, 0.2) is 0 Å². The second-order valence-electron chi connectivity index (χ2n) is 7.85. The maximum absolute atomic E-state index is 12.3. The Morgan fingerprint density at radius 3 is 2.71 bits per heavy atom. The molecule has 0 saturated carbocycles. The Labute approximate surface area is 164 Å². The highest BCUT2D eigenvalue weighted by Gasteiger charge is 2.60. The number of carbonyl (C=O) groups excluding carboxylic acids is 3. The Hall–Kier alpha value is -2.41. The molecule has 2 heterocycles. The zero-order valence-electron chi connectivity index (χ0n) is 16.5. The first-order chi connectivity index (χ1) is 13.1. The number of allylic oxidation sites excluding steroid dienone is 1. The van der Waals surface area contributed by atoms with Gasteiger partial charge in [0, 0.05) is 24.5 Å². The Bertz CT molecular complexity index is 765. The second-order valence-corrected chi connectivity index (χ2v) is 7.85. The zero-order valence-corrected chi connectivity index (χ0v) is 16.5. The highest BCUT2D eigenvalue weighted by molar-refractivity contribution is 5.91. The summed E-state index contributed by atoms with van der Waals surface area (Å²) in [5, 5.41) is 0. The fraction of sp³-hybridized carbons (Fsp3) is 0.571. The van der Waals surface area contributed by atoms with E-state index in [0.717, 1.165) is 18.4 Å². The van der Waals surface area contributed by atoms with Crippen molar-refractivity contribution in [3.63, 3.8) is 0 Å². The van der Waals surface area contributed by atoms with Crippen molar-refractivity contribution in [1.82, 2.24) is 0 Å². The topological polar surface area (TPSA) is 91.4 Å². The van der Waals surface area contributed by atoms with E-state index in [4.69, 9.17) is 18.9 Å². The molecule has 0 N–H and O–H groups in total. The fourth-order valence-corrected chi connectivity index (χ4v) is 3.88. The van der Waals surface area contributed by atoms with Gasteiger partial charge in [0.05, 0.1) is 12.0 Å². The number of fused-ring (bicyclic) bond motifs is 2. The first-order valence-electron chi connectivity index (χ1n) is 9.37. The summed E-state index contributed by atoms with van der Waals surface area (Å²) in [5.41, 5.74) is 0.800. The zero-order chi connectivity index (χ0) is 20.6. The normalized spacial score (nSPS) is 36.2. The summed E-state index contributed by atoms with van der Waals surface area (Å²) < 4.78 is 22.3. The van der Waals surface area contributed by atoms with Crippen LogP contribution in [0.2, 0.25) is 0 Å². The average molecular weight is 390 g/mol. The molecule has 0 aromatic rings. The van der Waals surface area contributed by atoms with Gasteiger partial charge >= 0.3 is 17.9 Å². The van der Waals surface area contributed by atoms with Crippen LogP contribution in [0, 0.1) is 5.92 Å². The van der Waals surface area contributed by atoms with Crippen molar-refractivity contribution in [2.45, 2.75) is 63.9 Å². The van der Waals surface area contributed by atoms with Gasteiger partial charge in [-0.25, -0.2) is 9.59 Å². The van der Waals surface area contributed by atoms with Crippen LogP contribution in [0.4, 0.5) is 0 Å². The molecule has 3 rings (SSSR count). The van der Waals surface area contributed by atoms with Gasteiger partial charge in [-0.3, -0.25) is 4.79 Å². The van der Waals surface area contributed by atoms with Crippen LogP contribution in [0.25, 0.3) is 0 Å². The third-order valence-electron chi connectivity index (χ3n) is 5.49. The van der Waals surface area contributed by atoms with E-state index in [-0.39, 0.29) is 30.3 Å². The Kier molecular flexibility index (Phi) is 5.48. The van der Waals surface area contributed by atoms with E-state index >= 15 is 0 Å². The van der Waals surface area contributed by atoms with Crippen LogP contribution in [0.3, 0.4) is 0 Å². The molecule has 2 fully saturated rings. The van der Waals surface area contributed by atoms with E-state index in [0.29, 0.717) is 0 Å². The Morgan fingerprint density at radius 2 is 2.07 bits per heavy atom. The van der Waals surface area contributed by atoms with Gasteiger partial charge in [-0.2, -0.15) is 0 Å². The lowest BCUT2D eigenvalue weighted by molar-refractivity contribution is -0.151. The second kappa shape index (κ2) is 7.54. The molecular weight excluding hydrogens is 364 g/mol. The molecule has 152 valence electrons. The summed E-state index contributed by atoms with van der Waals surface area (Å²) in [5.74, 6) is -2.01. The van der Waals surface area contributed by atoms with Crippen molar-refractivity contribution in [3.8, 4) is 0 Å². The Balaban J connectivity index is 1.95. The molecule has 1 aliphatic carbocycles. The minimum Gasteiger partial charge on any atom is -0.463 e. The van der Waals surface area contributed by atoms with Crippen molar-refractivity contribution < 1.29 is 33.3 Å². The predicted molar refractivity (Wildman–Crippen MR) is 99.0 cm³/mol. The summed E-state index contributed by atoms with van der Waals surface area (Å²) in [4.78, 5) is 35.8. The average Bonchev–Trinajstić information content (AvgIpc) is 3.22. The molecule has 7 heteroatoms. The molecule has 0 spiro atoms. The predicted octanol–water partition coefficient (Wildman–Crippen LogP) is 2.40. The van der Waals surface area contributed by atoms with Crippen LogP contribution < -0.4 is 0 Å². The van der Waals surface area contributed by atoms with Crippen LogP contribution in [0.1, 0.15) is 40.0 Å². The lowest BCUT2D eigenvalue weighted by Gasteiger charge is -2.29. The number of esters is 3. The molecule has 0 bridgehead atoms. The lowest BCUT2D eigenvalue weighted by atomic mass is 9.82. The molecular formula is C21H26O7. The molecule has 3 aliphatic rings. The van der Waals surface area contributed by atoms with Gasteiger partial charge in [-0.15, -0.1) is 0 Å². The van der Waals surface area contributed by atoms with Gasteiger partial charge < -0.3 is 18.9 Å². The van der Waals surface area contributed by atoms with Crippen molar-refractivity contribution in [3.05, 3.63) is 36.0 Å². The van der Waals surface area contributed by atoms with E-state index in [1.165, 1.54) is 6.92 Å². The standard InChI is InChI=1S/C21H26O7/c1-11(2)19(23)27-16-9-21(10-25-14(5)22)17(28-21)7-6-12(3)8-15-18(16)13(4)20(24)26-15/h8,15-18H,1,4,6-7,9-10H2,2-3,5H3/b12-8+/t15-,16-,17-,18+,21-/m1/s1. The van der Waals surface area contributed by atoms with Crippen LogP contribution in [0.5, 0.6) is 0 Å². The molecule has 0 aromatic carbocycles. The van der Waals surface area contributed by atoms with Gasteiger partial charge in [-0.1, -0.05) is 18.7 Å². The number of epoxide rings is 1. The number of rotatable bonds is 4. The van der Waals surface area contributed by atoms with E-state index in [1.54, 1.807) is 6.92 Å². The first kappa shape index (κ1) is 20.3. The SMILES string of the molecule is C=C(C)C(=O)O[C@@H]1C[C@]2(COC(C)=O)O[C@@H]2CC/C(C)=C/[C@H]2OC(=O)C(=C)[C@@H]21. The van der Waals surface area contributed by atoms with Crippen molar-refractivity contribution in [1.29, 1.82) is 0 Å². The van der Waals surface area contributed by atoms with E-state index in [9.17, 15) is 14.4 Å².